The van der Waals surface area contributed by atoms with Crippen LogP contribution >= 0.6 is 0 Å². The Hall–Kier alpha value is -0.570. The van der Waals surface area contributed by atoms with Crippen molar-refractivity contribution in [3.63, 3.8) is 0 Å². The second-order valence-electron chi connectivity index (χ2n) is 4.74. The lowest BCUT2D eigenvalue weighted by atomic mass is 9.87. The van der Waals surface area contributed by atoms with Crippen molar-refractivity contribution in [1.82, 2.24) is 5.32 Å². The van der Waals surface area contributed by atoms with Crippen LogP contribution in [0.15, 0.2) is 0 Å². The molecule has 1 rings (SSSR count). The highest BCUT2D eigenvalue weighted by Crippen LogP contribution is 2.23. The lowest BCUT2D eigenvalue weighted by Gasteiger charge is -2.26. The van der Waals surface area contributed by atoms with Gasteiger partial charge in [-0.15, -0.1) is 0 Å². The minimum absolute atomic E-state index is 0.110. The SMILES string of the molecule is CCC(C)C(=O)NCC1CCCC(O)C1. The Morgan fingerprint density at radius 2 is 2.27 bits per heavy atom. The molecule has 0 aromatic heterocycles. The Morgan fingerprint density at radius 3 is 2.87 bits per heavy atom. The minimum Gasteiger partial charge on any atom is -0.393 e. The number of hydrogen-bond donors (Lipinski definition) is 2. The predicted molar refractivity (Wildman–Crippen MR) is 60.4 cm³/mol. The molecule has 1 aliphatic rings. The van der Waals surface area contributed by atoms with Crippen molar-refractivity contribution in [2.24, 2.45) is 11.8 Å². The summed E-state index contributed by atoms with van der Waals surface area (Å²) in [5.74, 6) is 0.734. The zero-order valence-corrected chi connectivity index (χ0v) is 9.83. The third-order valence-electron chi connectivity index (χ3n) is 3.38. The molecule has 3 nitrogen and oxygen atoms in total. The first-order valence-corrected chi connectivity index (χ1v) is 6.09. The summed E-state index contributed by atoms with van der Waals surface area (Å²) in [5, 5.41) is 12.5. The molecule has 0 spiro atoms. The van der Waals surface area contributed by atoms with Crippen molar-refractivity contribution in [3.05, 3.63) is 0 Å². The number of aliphatic hydroxyl groups is 1. The van der Waals surface area contributed by atoms with Crippen molar-refractivity contribution >= 4 is 5.91 Å². The van der Waals surface area contributed by atoms with Crippen LogP contribution in [0.2, 0.25) is 0 Å². The molecule has 3 heteroatoms. The molecule has 88 valence electrons. The molecule has 3 atom stereocenters. The number of nitrogens with one attached hydrogen (secondary N) is 1. The quantitative estimate of drug-likeness (QED) is 0.746. The van der Waals surface area contributed by atoms with Crippen molar-refractivity contribution in [2.45, 2.75) is 52.1 Å². The number of aliphatic hydroxyl groups excluding tert-OH is 1. The summed E-state index contributed by atoms with van der Waals surface area (Å²) in [6.45, 7) is 4.71. The topological polar surface area (TPSA) is 49.3 Å². The van der Waals surface area contributed by atoms with E-state index in [-0.39, 0.29) is 17.9 Å². The highest BCUT2D eigenvalue weighted by atomic mass is 16.3. The summed E-state index contributed by atoms with van der Waals surface area (Å²) in [7, 11) is 0. The highest BCUT2D eigenvalue weighted by molar-refractivity contribution is 5.78. The van der Waals surface area contributed by atoms with Gasteiger partial charge in [-0.25, -0.2) is 0 Å². The second kappa shape index (κ2) is 6.11. The van der Waals surface area contributed by atoms with E-state index in [1.165, 1.54) is 0 Å². The zero-order chi connectivity index (χ0) is 11.3. The first-order chi connectivity index (χ1) is 7.13. The fourth-order valence-corrected chi connectivity index (χ4v) is 2.05. The second-order valence-corrected chi connectivity index (χ2v) is 4.74. The van der Waals surface area contributed by atoms with E-state index in [1.807, 2.05) is 13.8 Å². The maximum absolute atomic E-state index is 11.5. The van der Waals surface area contributed by atoms with E-state index in [2.05, 4.69) is 5.32 Å². The molecule has 1 aliphatic carbocycles. The van der Waals surface area contributed by atoms with Crippen molar-refractivity contribution < 1.29 is 9.90 Å². The highest BCUT2D eigenvalue weighted by Gasteiger charge is 2.21. The van der Waals surface area contributed by atoms with Crippen LogP contribution in [0, 0.1) is 11.8 Å². The van der Waals surface area contributed by atoms with Crippen LogP contribution in [0.5, 0.6) is 0 Å². The largest absolute Gasteiger partial charge is 0.393 e. The maximum Gasteiger partial charge on any atom is 0.222 e. The predicted octanol–water partition coefficient (Wildman–Crippen LogP) is 1.70. The summed E-state index contributed by atoms with van der Waals surface area (Å²) in [4.78, 5) is 11.5. The summed E-state index contributed by atoms with van der Waals surface area (Å²) in [6.07, 6.45) is 4.74. The molecule has 0 aliphatic heterocycles. The molecule has 0 heterocycles. The molecule has 0 radical (unpaired) electrons. The lowest BCUT2D eigenvalue weighted by Crippen LogP contribution is -2.35. The van der Waals surface area contributed by atoms with E-state index in [0.717, 1.165) is 38.6 Å². The van der Waals surface area contributed by atoms with Crippen molar-refractivity contribution in [1.29, 1.82) is 0 Å². The normalized spacial score (nSPS) is 28.5. The number of rotatable bonds is 4. The number of carbonyl (C=O) groups is 1. The van der Waals surface area contributed by atoms with Gasteiger partial charge < -0.3 is 10.4 Å². The first-order valence-electron chi connectivity index (χ1n) is 6.09. The zero-order valence-electron chi connectivity index (χ0n) is 9.83. The molecule has 2 N–H and O–H groups in total. The van der Waals surface area contributed by atoms with Crippen LogP contribution in [0.3, 0.4) is 0 Å². The van der Waals surface area contributed by atoms with Crippen LogP contribution in [-0.4, -0.2) is 23.7 Å². The summed E-state index contributed by atoms with van der Waals surface area (Å²) in [5.41, 5.74) is 0. The van der Waals surface area contributed by atoms with Crippen LogP contribution < -0.4 is 5.32 Å². The van der Waals surface area contributed by atoms with Crippen LogP contribution in [0.1, 0.15) is 46.0 Å². The molecule has 15 heavy (non-hydrogen) atoms. The van der Waals surface area contributed by atoms with Crippen molar-refractivity contribution in [2.75, 3.05) is 6.54 Å². The molecule has 1 saturated carbocycles. The van der Waals surface area contributed by atoms with Gasteiger partial charge in [0.2, 0.25) is 5.91 Å². The Labute approximate surface area is 92.3 Å². The van der Waals surface area contributed by atoms with E-state index >= 15 is 0 Å². The average Bonchev–Trinajstić information content (AvgIpc) is 2.25. The monoisotopic (exact) mass is 213 g/mol. The van der Waals surface area contributed by atoms with Crippen LogP contribution in [0.4, 0.5) is 0 Å². The molecule has 1 amide bonds. The van der Waals surface area contributed by atoms with E-state index in [4.69, 9.17) is 0 Å². The maximum atomic E-state index is 11.5. The number of carbonyl (C=O) groups excluding carboxylic acids is 1. The fourth-order valence-electron chi connectivity index (χ4n) is 2.05. The molecule has 0 bridgehead atoms. The van der Waals surface area contributed by atoms with Gasteiger partial charge >= 0.3 is 0 Å². The summed E-state index contributed by atoms with van der Waals surface area (Å²) in [6, 6.07) is 0. The summed E-state index contributed by atoms with van der Waals surface area (Å²) < 4.78 is 0. The van der Waals surface area contributed by atoms with Gasteiger partial charge in [-0.2, -0.15) is 0 Å². The Morgan fingerprint density at radius 1 is 1.53 bits per heavy atom. The third kappa shape index (κ3) is 4.20. The third-order valence-corrected chi connectivity index (χ3v) is 3.38. The Kier molecular flexibility index (Phi) is 5.09. The molecular formula is C12H23NO2. The van der Waals surface area contributed by atoms with Gasteiger partial charge in [0, 0.05) is 12.5 Å². The Bertz CT molecular complexity index is 206. The molecule has 1 fully saturated rings. The van der Waals surface area contributed by atoms with Gasteiger partial charge in [0.05, 0.1) is 6.10 Å². The first kappa shape index (κ1) is 12.5. The van der Waals surface area contributed by atoms with Gasteiger partial charge in [-0.3, -0.25) is 4.79 Å². The van der Waals surface area contributed by atoms with Gasteiger partial charge in [-0.05, 0) is 31.6 Å². The molecular weight excluding hydrogens is 190 g/mol. The standard InChI is InChI=1S/C12H23NO2/c1-3-9(2)12(15)13-8-10-5-4-6-11(14)7-10/h9-11,14H,3-8H2,1-2H3,(H,13,15). The van der Waals surface area contributed by atoms with Gasteiger partial charge in [0.1, 0.15) is 0 Å². The smallest absolute Gasteiger partial charge is 0.222 e. The molecule has 0 aromatic carbocycles. The molecule has 0 saturated heterocycles. The molecule has 0 aromatic rings. The van der Waals surface area contributed by atoms with E-state index in [9.17, 15) is 9.90 Å². The number of hydrogen-bond acceptors (Lipinski definition) is 2. The fraction of sp³-hybridized carbons (Fsp3) is 0.917. The number of amides is 1. The van der Waals surface area contributed by atoms with Gasteiger partial charge in [0.25, 0.3) is 0 Å². The summed E-state index contributed by atoms with van der Waals surface area (Å²) >= 11 is 0. The minimum atomic E-state index is -0.149. The Balaban J connectivity index is 2.21. The van der Waals surface area contributed by atoms with E-state index < -0.39 is 0 Å². The van der Waals surface area contributed by atoms with E-state index in [0.29, 0.717) is 5.92 Å². The molecule has 3 unspecified atom stereocenters. The van der Waals surface area contributed by atoms with Crippen LogP contribution in [0.25, 0.3) is 0 Å². The van der Waals surface area contributed by atoms with Crippen molar-refractivity contribution in [3.8, 4) is 0 Å². The van der Waals surface area contributed by atoms with Crippen LogP contribution in [-0.2, 0) is 4.79 Å². The lowest BCUT2D eigenvalue weighted by molar-refractivity contribution is -0.124. The van der Waals surface area contributed by atoms with Gasteiger partial charge in [0.15, 0.2) is 0 Å². The van der Waals surface area contributed by atoms with Gasteiger partial charge in [-0.1, -0.05) is 20.3 Å². The van der Waals surface area contributed by atoms with E-state index in [1.54, 1.807) is 0 Å². The average molecular weight is 213 g/mol.